The third-order valence-electron chi connectivity index (χ3n) is 2.58. The molecule has 0 bridgehead atoms. The van der Waals surface area contributed by atoms with Crippen LogP contribution in [0.5, 0.6) is 0 Å². The molecule has 5 nitrogen and oxygen atoms in total. The fourth-order valence-electron chi connectivity index (χ4n) is 1.38. The Balaban J connectivity index is 2.82. The van der Waals surface area contributed by atoms with Gasteiger partial charge >= 0.3 is 0 Å². The summed E-state index contributed by atoms with van der Waals surface area (Å²) in [6.07, 6.45) is 3.86. The molecule has 0 aromatic carbocycles. The standard InChI is InChI=1S/C10H18N4O/c1-10(2,12-3)8-6-13-7-14(8)5-4-9(11)15/h6-7,12H,4-5H2,1-3H3,(H2,11,15). The molecular weight excluding hydrogens is 192 g/mol. The van der Waals surface area contributed by atoms with Gasteiger partial charge in [-0.05, 0) is 20.9 Å². The highest BCUT2D eigenvalue weighted by molar-refractivity contribution is 5.73. The number of primary amides is 1. The van der Waals surface area contributed by atoms with Crippen LogP contribution >= 0.6 is 0 Å². The Labute approximate surface area is 89.7 Å². The third kappa shape index (κ3) is 2.79. The first-order chi connectivity index (χ1) is 6.97. The summed E-state index contributed by atoms with van der Waals surface area (Å²) in [5.74, 6) is -0.295. The van der Waals surface area contributed by atoms with E-state index in [0.717, 1.165) is 5.69 Å². The average Bonchev–Trinajstić information content (AvgIpc) is 2.63. The topological polar surface area (TPSA) is 72.9 Å². The Kier molecular flexibility index (Phi) is 3.47. The van der Waals surface area contributed by atoms with E-state index >= 15 is 0 Å². The lowest BCUT2D eigenvalue weighted by Gasteiger charge is -2.25. The van der Waals surface area contributed by atoms with Crippen LogP contribution in [0.15, 0.2) is 12.5 Å². The van der Waals surface area contributed by atoms with E-state index in [9.17, 15) is 4.79 Å². The molecule has 1 heterocycles. The van der Waals surface area contributed by atoms with E-state index in [4.69, 9.17) is 5.73 Å². The van der Waals surface area contributed by atoms with Crippen molar-refractivity contribution in [1.82, 2.24) is 14.9 Å². The molecule has 0 aliphatic carbocycles. The van der Waals surface area contributed by atoms with Gasteiger partial charge in [0.05, 0.1) is 17.6 Å². The normalized spacial score (nSPS) is 11.7. The predicted molar refractivity (Wildman–Crippen MR) is 58.1 cm³/mol. The molecule has 0 aliphatic heterocycles. The number of hydrogen-bond acceptors (Lipinski definition) is 3. The molecule has 0 fully saturated rings. The van der Waals surface area contributed by atoms with Gasteiger partial charge < -0.3 is 15.6 Å². The molecule has 1 aromatic rings. The maximum absolute atomic E-state index is 10.7. The number of aryl methyl sites for hydroxylation is 1. The molecule has 84 valence electrons. The van der Waals surface area contributed by atoms with E-state index in [1.54, 1.807) is 12.5 Å². The van der Waals surface area contributed by atoms with Crippen LogP contribution in [-0.2, 0) is 16.9 Å². The summed E-state index contributed by atoms with van der Waals surface area (Å²) in [7, 11) is 1.89. The number of amides is 1. The molecule has 0 atom stereocenters. The molecule has 0 spiro atoms. The predicted octanol–water partition coefficient (Wildman–Crippen LogP) is 0.213. The minimum absolute atomic E-state index is 0.159. The van der Waals surface area contributed by atoms with Gasteiger partial charge in [0.1, 0.15) is 0 Å². The number of hydrogen-bond donors (Lipinski definition) is 2. The zero-order chi connectivity index (χ0) is 11.5. The maximum atomic E-state index is 10.7. The minimum Gasteiger partial charge on any atom is -0.370 e. The number of nitrogens with one attached hydrogen (secondary N) is 1. The van der Waals surface area contributed by atoms with Crippen molar-refractivity contribution < 1.29 is 4.79 Å². The summed E-state index contributed by atoms with van der Waals surface area (Å²) in [6, 6.07) is 0. The molecule has 1 aromatic heterocycles. The maximum Gasteiger partial charge on any atom is 0.219 e. The lowest BCUT2D eigenvalue weighted by atomic mass is 10.0. The van der Waals surface area contributed by atoms with Crippen LogP contribution in [0.3, 0.4) is 0 Å². The van der Waals surface area contributed by atoms with Crippen molar-refractivity contribution in [1.29, 1.82) is 0 Å². The minimum atomic E-state index is -0.295. The van der Waals surface area contributed by atoms with Crippen LogP contribution in [-0.4, -0.2) is 22.5 Å². The third-order valence-corrected chi connectivity index (χ3v) is 2.58. The van der Waals surface area contributed by atoms with Gasteiger partial charge in [-0.3, -0.25) is 4.79 Å². The van der Waals surface area contributed by atoms with Gasteiger partial charge in [-0.25, -0.2) is 4.98 Å². The van der Waals surface area contributed by atoms with Crippen LogP contribution in [0.2, 0.25) is 0 Å². The fraction of sp³-hybridized carbons (Fsp3) is 0.600. The van der Waals surface area contributed by atoms with E-state index in [1.807, 2.05) is 11.6 Å². The number of carbonyl (C=O) groups is 1. The van der Waals surface area contributed by atoms with Gasteiger partial charge in [-0.1, -0.05) is 0 Å². The van der Waals surface area contributed by atoms with E-state index < -0.39 is 0 Å². The summed E-state index contributed by atoms with van der Waals surface area (Å²) >= 11 is 0. The van der Waals surface area contributed by atoms with Crippen molar-refractivity contribution >= 4 is 5.91 Å². The number of rotatable bonds is 5. The van der Waals surface area contributed by atoms with Crippen LogP contribution in [0.1, 0.15) is 26.0 Å². The highest BCUT2D eigenvalue weighted by atomic mass is 16.1. The number of nitrogens with zero attached hydrogens (tertiary/aromatic N) is 2. The van der Waals surface area contributed by atoms with Crippen LogP contribution < -0.4 is 11.1 Å². The molecule has 3 N–H and O–H groups in total. The number of imidazole rings is 1. The van der Waals surface area contributed by atoms with Gasteiger partial charge in [0.2, 0.25) is 5.91 Å². The van der Waals surface area contributed by atoms with E-state index in [2.05, 4.69) is 24.1 Å². The molecule has 5 heteroatoms. The summed E-state index contributed by atoms with van der Waals surface area (Å²) < 4.78 is 1.95. The van der Waals surface area contributed by atoms with Crippen LogP contribution in [0, 0.1) is 0 Å². The van der Waals surface area contributed by atoms with Gasteiger partial charge in [0.15, 0.2) is 0 Å². The van der Waals surface area contributed by atoms with Gasteiger partial charge in [0.25, 0.3) is 0 Å². The van der Waals surface area contributed by atoms with E-state index in [-0.39, 0.29) is 11.4 Å². The van der Waals surface area contributed by atoms with Crippen molar-refractivity contribution in [2.75, 3.05) is 7.05 Å². The second kappa shape index (κ2) is 4.44. The molecule has 15 heavy (non-hydrogen) atoms. The zero-order valence-corrected chi connectivity index (χ0v) is 9.45. The average molecular weight is 210 g/mol. The molecule has 1 amide bonds. The highest BCUT2D eigenvalue weighted by Gasteiger charge is 2.21. The largest absolute Gasteiger partial charge is 0.370 e. The molecule has 0 unspecified atom stereocenters. The SMILES string of the molecule is CNC(C)(C)c1cncn1CCC(N)=O. The Morgan fingerprint density at radius 1 is 1.67 bits per heavy atom. The second-order valence-electron chi connectivity index (χ2n) is 4.06. The lowest BCUT2D eigenvalue weighted by Crippen LogP contribution is -2.35. The van der Waals surface area contributed by atoms with E-state index in [1.165, 1.54) is 0 Å². The van der Waals surface area contributed by atoms with Crippen molar-refractivity contribution in [2.24, 2.45) is 5.73 Å². The lowest BCUT2D eigenvalue weighted by molar-refractivity contribution is -0.118. The van der Waals surface area contributed by atoms with Gasteiger partial charge in [-0.15, -0.1) is 0 Å². The molecular formula is C10H18N4O. The Bertz CT molecular complexity index is 343. The first-order valence-corrected chi connectivity index (χ1v) is 4.95. The van der Waals surface area contributed by atoms with Crippen LogP contribution in [0.4, 0.5) is 0 Å². The van der Waals surface area contributed by atoms with Crippen molar-refractivity contribution in [2.45, 2.75) is 32.4 Å². The highest BCUT2D eigenvalue weighted by Crippen LogP contribution is 2.18. The molecule has 0 aliphatic rings. The molecule has 1 rings (SSSR count). The second-order valence-corrected chi connectivity index (χ2v) is 4.06. The summed E-state index contributed by atoms with van der Waals surface area (Å²) in [5, 5.41) is 3.19. The Hall–Kier alpha value is -1.36. The van der Waals surface area contributed by atoms with Crippen molar-refractivity contribution in [3.05, 3.63) is 18.2 Å². The van der Waals surface area contributed by atoms with Crippen LogP contribution in [0.25, 0.3) is 0 Å². The quantitative estimate of drug-likeness (QED) is 0.730. The summed E-state index contributed by atoms with van der Waals surface area (Å²) in [4.78, 5) is 14.8. The molecule has 0 radical (unpaired) electrons. The first-order valence-electron chi connectivity index (χ1n) is 4.95. The van der Waals surface area contributed by atoms with Gasteiger partial charge in [-0.2, -0.15) is 0 Å². The van der Waals surface area contributed by atoms with Crippen molar-refractivity contribution in [3.8, 4) is 0 Å². The smallest absolute Gasteiger partial charge is 0.219 e. The molecule has 0 saturated carbocycles. The number of carbonyl (C=O) groups excluding carboxylic acids is 1. The Morgan fingerprint density at radius 3 is 2.87 bits per heavy atom. The summed E-state index contributed by atoms with van der Waals surface area (Å²) in [5.41, 5.74) is 6.00. The monoisotopic (exact) mass is 210 g/mol. The Morgan fingerprint density at radius 2 is 2.33 bits per heavy atom. The number of aromatic nitrogens is 2. The van der Waals surface area contributed by atoms with Gasteiger partial charge in [0, 0.05) is 19.2 Å². The fourth-order valence-corrected chi connectivity index (χ4v) is 1.38. The first kappa shape index (κ1) is 11.7. The summed E-state index contributed by atoms with van der Waals surface area (Å²) in [6.45, 7) is 4.70. The van der Waals surface area contributed by atoms with E-state index in [0.29, 0.717) is 13.0 Å². The van der Waals surface area contributed by atoms with Crippen molar-refractivity contribution in [3.63, 3.8) is 0 Å². The number of nitrogens with two attached hydrogens (primary N) is 1. The molecule has 0 saturated heterocycles. The zero-order valence-electron chi connectivity index (χ0n) is 9.45.